The molecular formula is C26H25NO6S. The summed E-state index contributed by atoms with van der Waals surface area (Å²) >= 11 is 1.42. The maximum absolute atomic E-state index is 12.7. The van der Waals surface area contributed by atoms with Crippen LogP contribution in [0, 0.1) is 20.8 Å². The van der Waals surface area contributed by atoms with E-state index in [-0.39, 0.29) is 17.7 Å². The van der Waals surface area contributed by atoms with E-state index in [4.69, 9.17) is 8.83 Å². The normalized spacial score (nSPS) is 12.2. The van der Waals surface area contributed by atoms with Crippen molar-refractivity contribution in [1.82, 2.24) is 5.32 Å². The van der Waals surface area contributed by atoms with E-state index < -0.39 is 23.5 Å². The molecule has 1 amide bonds. The van der Waals surface area contributed by atoms with Crippen LogP contribution < -0.4 is 10.9 Å². The Morgan fingerprint density at radius 3 is 2.38 bits per heavy atom. The molecule has 0 aliphatic rings. The Morgan fingerprint density at radius 1 is 1.00 bits per heavy atom. The van der Waals surface area contributed by atoms with Crippen molar-refractivity contribution >= 4 is 45.6 Å². The highest BCUT2D eigenvalue weighted by molar-refractivity contribution is 7.98. The second-order valence-corrected chi connectivity index (χ2v) is 9.29. The van der Waals surface area contributed by atoms with E-state index in [2.05, 4.69) is 5.32 Å². The Labute approximate surface area is 200 Å². The number of thioether (sulfide) groups is 1. The molecule has 176 valence electrons. The first-order valence-electron chi connectivity index (χ1n) is 10.8. The van der Waals surface area contributed by atoms with Crippen molar-refractivity contribution in [2.24, 2.45) is 0 Å². The van der Waals surface area contributed by atoms with E-state index >= 15 is 0 Å². The van der Waals surface area contributed by atoms with Crippen molar-refractivity contribution in [1.29, 1.82) is 0 Å². The van der Waals surface area contributed by atoms with Crippen molar-refractivity contribution in [3.63, 3.8) is 0 Å². The average Bonchev–Trinajstić information content (AvgIpc) is 3.08. The highest BCUT2D eigenvalue weighted by Gasteiger charge is 2.22. The van der Waals surface area contributed by atoms with Crippen LogP contribution in [0.3, 0.4) is 0 Å². The molecule has 34 heavy (non-hydrogen) atoms. The van der Waals surface area contributed by atoms with Crippen LogP contribution in [0.2, 0.25) is 0 Å². The van der Waals surface area contributed by atoms with Crippen molar-refractivity contribution in [2.45, 2.75) is 39.0 Å². The van der Waals surface area contributed by atoms with Gasteiger partial charge in [0.05, 0.1) is 12.0 Å². The summed E-state index contributed by atoms with van der Waals surface area (Å²) in [5.74, 6) is -0.0360. The van der Waals surface area contributed by atoms with Gasteiger partial charge in [-0.15, -0.1) is 0 Å². The summed E-state index contributed by atoms with van der Waals surface area (Å²) < 4.78 is 11.2. The van der Waals surface area contributed by atoms with Gasteiger partial charge in [0.2, 0.25) is 5.91 Å². The van der Waals surface area contributed by atoms with Gasteiger partial charge in [-0.3, -0.25) is 4.79 Å². The first kappa shape index (κ1) is 23.6. The summed E-state index contributed by atoms with van der Waals surface area (Å²) in [6.07, 6.45) is -0.265. The Kier molecular flexibility index (Phi) is 6.79. The lowest BCUT2D eigenvalue weighted by molar-refractivity contribution is -0.141. The molecule has 0 fully saturated rings. The molecule has 0 spiro atoms. The fraction of sp³-hybridized carbons (Fsp3) is 0.269. The molecule has 0 radical (unpaired) electrons. The molecule has 0 unspecified atom stereocenters. The summed E-state index contributed by atoms with van der Waals surface area (Å²) in [6, 6.07) is 12.2. The Balaban J connectivity index is 1.51. The number of rotatable bonds is 8. The van der Waals surface area contributed by atoms with Gasteiger partial charge in [-0.2, -0.15) is 11.8 Å². The second-order valence-electron chi connectivity index (χ2n) is 8.26. The first-order chi connectivity index (χ1) is 16.2. The van der Waals surface area contributed by atoms with Gasteiger partial charge in [-0.25, -0.2) is 9.59 Å². The summed E-state index contributed by atoms with van der Waals surface area (Å²) in [4.78, 5) is 37.0. The molecular weight excluding hydrogens is 454 g/mol. The predicted molar refractivity (Wildman–Crippen MR) is 132 cm³/mol. The SMILES string of the molecule is Cc1oc2cc3oc(=O)c(CC(=O)N[C@H](CSCc4ccccc4)C(=O)O)c(C)c3cc2c1C. The highest BCUT2D eigenvalue weighted by atomic mass is 32.2. The lowest BCUT2D eigenvalue weighted by Gasteiger charge is -2.15. The van der Waals surface area contributed by atoms with E-state index in [1.165, 1.54) is 11.8 Å². The number of nitrogens with one attached hydrogen (secondary N) is 1. The third kappa shape index (κ3) is 4.87. The zero-order chi connectivity index (χ0) is 24.4. The Hall–Kier alpha value is -3.52. The molecule has 2 aromatic carbocycles. The number of aryl methyl sites for hydroxylation is 3. The second kappa shape index (κ2) is 9.77. The number of aliphatic carboxylic acids is 1. The van der Waals surface area contributed by atoms with Gasteiger partial charge >= 0.3 is 11.6 Å². The zero-order valence-corrected chi connectivity index (χ0v) is 20.0. The van der Waals surface area contributed by atoms with Gasteiger partial charge in [-0.1, -0.05) is 30.3 Å². The summed E-state index contributed by atoms with van der Waals surface area (Å²) in [7, 11) is 0. The number of carbonyl (C=O) groups excluding carboxylic acids is 1. The summed E-state index contributed by atoms with van der Waals surface area (Å²) in [6.45, 7) is 5.59. The monoisotopic (exact) mass is 479 g/mol. The smallest absolute Gasteiger partial charge is 0.340 e. The van der Waals surface area contributed by atoms with Gasteiger partial charge in [0, 0.05) is 28.3 Å². The van der Waals surface area contributed by atoms with E-state index in [1.807, 2.05) is 50.2 Å². The van der Waals surface area contributed by atoms with E-state index in [0.717, 1.165) is 22.3 Å². The molecule has 0 bridgehead atoms. The van der Waals surface area contributed by atoms with Crippen molar-refractivity contribution in [2.75, 3.05) is 5.75 Å². The van der Waals surface area contributed by atoms with Gasteiger partial charge < -0.3 is 19.3 Å². The minimum absolute atomic E-state index is 0.207. The lowest BCUT2D eigenvalue weighted by atomic mass is 10.0. The van der Waals surface area contributed by atoms with Crippen LogP contribution in [0.15, 0.2) is 56.1 Å². The van der Waals surface area contributed by atoms with Crippen molar-refractivity contribution in [3.05, 3.63) is 80.9 Å². The molecule has 0 saturated heterocycles. The molecule has 4 rings (SSSR count). The van der Waals surface area contributed by atoms with Crippen LogP contribution in [0.25, 0.3) is 21.9 Å². The molecule has 0 aliphatic carbocycles. The number of amides is 1. The fourth-order valence-corrected chi connectivity index (χ4v) is 4.89. The number of fused-ring (bicyclic) bond motifs is 2. The molecule has 2 heterocycles. The number of furan rings is 1. The third-order valence-corrected chi connectivity index (χ3v) is 7.06. The number of carbonyl (C=O) groups is 2. The standard InChI is InChI=1S/C26H25NO6S/c1-14-16(3)32-22-11-23-19(9-18(14)22)15(2)20(26(31)33-23)10-24(28)27-21(25(29)30)13-34-12-17-7-5-4-6-8-17/h4-9,11,21H,10,12-13H2,1-3H3,(H,27,28)(H,29,30)/t21-/m1/s1. The number of benzene rings is 2. The van der Waals surface area contributed by atoms with Gasteiger partial charge in [0.25, 0.3) is 0 Å². The molecule has 8 heteroatoms. The molecule has 0 aliphatic heterocycles. The topological polar surface area (TPSA) is 110 Å². The van der Waals surface area contributed by atoms with E-state index in [9.17, 15) is 19.5 Å². The van der Waals surface area contributed by atoms with Gasteiger partial charge in [0.1, 0.15) is 23.0 Å². The van der Waals surface area contributed by atoms with Crippen LogP contribution in [0.4, 0.5) is 0 Å². The Bertz CT molecular complexity index is 1440. The number of carboxylic acid groups (broad SMARTS) is 1. The lowest BCUT2D eigenvalue weighted by Crippen LogP contribution is -2.43. The van der Waals surface area contributed by atoms with Crippen LogP contribution in [-0.4, -0.2) is 28.8 Å². The minimum Gasteiger partial charge on any atom is -0.480 e. The highest BCUT2D eigenvalue weighted by Crippen LogP contribution is 2.31. The van der Waals surface area contributed by atoms with Gasteiger partial charge in [-0.05, 0) is 43.5 Å². The van der Waals surface area contributed by atoms with Crippen LogP contribution in [-0.2, 0) is 21.8 Å². The molecule has 7 nitrogen and oxygen atoms in total. The van der Waals surface area contributed by atoms with Crippen LogP contribution in [0.1, 0.15) is 28.0 Å². The predicted octanol–water partition coefficient (Wildman–Crippen LogP) is 4.51. The molecule has 2 aromatic heterocycles. The maximum atomic E-state index is 12.7. The van der Waals surface area contributed by atoms with E-state index in [0.29, 0.717) is 27.9 Å². The van der Waals surface area contributed by atoms with Gasteiger partial charge in [0.15, 0.2) is 0 Å². The number of hydrogen-bond donors (Lipinski definition) is 2. The van der Waals surface area contributed by atoms with Crippen molar-refractivity contribution < 1.29 is 23.5 Å². The third-order valence-electron chi connectivity index (χ3n) is 5.95. The van der Waals surface area contributed by atoms with Crippen molar-refractivity contribution in [3.8, 4) is 0 Å². The average molecular weight is 480 g/mol. The minimum atomic E-state index is -1.12. The zero-order valence-electron chi connectivity index (χ0n) is 19.1. The first-order valence-corrected chi connectivity index (χ1v) is 12.0. The number of carboxylic acids is 1. The summed E-state index contributed by atoms with van der Waals surface area (Å²) in [5, 5.41) is 13.7. The molecule has 0 saturated carbocycles. The van der Waals surface area contributed by atoms with E-state index in [1.54, 1.807) is 13.0 Å². The quantitative estimate of drug-likeness (QED) is 0.358. The number of hydrogen-bond acceptors (Lipinski definition) is 6. The molecule has 4 aromatic rings. The van der Waals surface area contributed by atoms with Crippen LogP contribution in [0.5, 0.6) is 0 Å². The molecule has 2 N–H and O–H groups in total. The molecule has 1 atom stereocenters. The Morgan fingerprint density at radius 2 is 1.68 bits per heavy atom. The fourth-order valence-electron chi connectivity index (χ4n) is 3.88. The summed E-state index contributed by atoms with van der Waals surface area (Å²) in [5.41, 5.74) is 3.31. The van der Waals surface area contributed by atoms with Crippen LogP contribution >= 0.6 is 11.8 Å². The largest absolute Gasteiger partial charge is 0.480 e. The maximum Gasteiger partial charge on any atom is 0.340 e.